The minimum Gasteiger partial charge on any atom is -0.328 e. The van der Waals surface area contributed by atoms with Gasteiger partial charge in [0.05, 0.1) is 11.6 Å². The number of carbonyl (C=O) groups excluding carboxylic acids is 1. The van der Waals surface area contributed by atoms with Crippen molar-refractivity contribution in [2.75, 3.05) is 0 Å². The van der Waals surface area contributed by atoms with Gasteiger partial charge in [-0.2, -0.15) is 0 Å². The molecule has 0 aliphatic carbocycles. The van der Waals surface area contributed by atoms with Gasteiger partial charge >= 0.3 is 0 Å². The third-order valence-electron chi connectivity index (χ3n) is 4.11. The van der Waals surface area contributed by atoms with E-state index in [1.54, 1.807) is 37.3 Å². The maximum Gasteiger partial charge on any atom is 0.277 e. The van der Waals surface area contributed by atoms with Crippen molar-refractivity contribution in [3.8, 4) is 0 Å². The quantitative estimate of drug-likeness (QED) is 0.277. The predicted octanol–water partition coefficient (Wildman–Crippen LogP) is 4.20. The van der Waals surface area contributed by atoms with E-state index in [1.165, 1.54) is 0 Å². The summed E-state index contributed by atoms with van der Waals surface area (Å²) in [7, 11) is 0. The fraction of sp³-hybridized carbons (Fsp3) is 0.111. The number of hydrogen-bond donors (Lipinski definition) is 1. The zero-order valence-corrected chi connectivity index (χ0v) is 14.5. The van der Waals surface area contributed by atoms with E-state index in [-0.39, 0.29) is 5.11 Å². The van der Waals surface area contributed by atoms with Crippen molar-refractivity contribution >= 4 is 29.3 Å². The third kappa shape index (κ3) is 3.18. The Balaban J connectivity index is 2.01. The van der Waals surface area contributed by atoms with Crippen LogP contribution in [-0.2, 0) is 4.79 Å². The van der Waals surface area contributed by atoms with Crippen LogP contribution in [0.25, 0.3) is 6.08 Å². The maximum atomic E-state index is 13.8. The van der Waals surface area contributed by atoms with Gasteiger partial charge in [0.2, 0.25) is 5.82 Å². The van der Waals surface area contributed by atoms with Gasteiger partial charge in [-0.1, -0.05) is 30.3 Å². The van der Waals surface area contributed by atoms with Crippen LogP contribution in [0.4, 0.5) is 22.0 Å². The maximum absolute atomic E-state index is 13.8. The van der Waals surface area contributed by atoms with Crippen molar-refractivity contribution < 1.29 is 26.7 Å². The lowest BCUT2D eigenvalue weighted by molar-refractivity contribution is -0.123. The Labute approximate surface area is 156 Å². The Hall–Kier alpha value is -2.81. The van der Waals surface area contributed by atoms with Crippen molar-refractivity contribution in [2.24, 2.45) is 0 Å². The number of hydrogen-bond acceptors (Lipinski definition) is 2. The third-order valence-corrected chi connectivity index (χ3v) is 4.41. The Kier molecular flexibility index (Phi) is 4.97. The van der Waals surface area contributed by atoms with E-state index in [0.29, 0.717) is 6.08 Å². The second-order valence-corrected chi connectivity index (χ2v) is 6.12. The number of rotatable bonds is 3. The summed E-state index contributed by atoms with van der Waals surface area (Å²) in [5.41, 5.74) is -0.877. The van der Waals surface area contributed by atoms with Crippen LogP contribution in [0, 0.1) is 29.1 Å². The molecule has 1 N–H and O–H groups in total. The van der Waals surface area contributed by atoms with E-state index in [2.05, 4.69) is 5.32 Å². The summed E-state index contributed by atoms with van der Waals surface area (Å²) >= 11 is 5.08. The minimum atomic E-state index is -2.27. The first kappa shape index (κ1) is 19.0. The minimum absolute atomic E-state index is 0.0496. The van der Waals surface area contributed by atoms with Gasteiger partial charge < -0.3 is 5.32 Å². The first-order valence-electron chi connectivity index (χ1n) is 7.66. The van der Waals surface area contributed by atoms with Crippen molar-refractivity contribution in [3.05, 3.63) is 76.2 Å². The van der Waals surface area contributed by atoms with Gasteiger partial charge in [-0.15, -0.1) is 0 Å². The largest absolute Gasteiger partial charge is 0.328 e. The van der Waals surface area contributed by atoms with Gasteiger partial charge in [0.1, 0.15) is 5.70 Å². The second kappa shape index (κ2) is 7.07. The molecule has 0 spiro atoms. The molecule has 1 fully saturated rings. The van der Waals surface area contributed by atoms with Crippen LogP contribution in [0.2, 0.25) is 0 Å². The summed E-state index contributed by atoms with van der Waals surface area (Å²) in [6, 6.07) is 8.30. The zero-order valence-electron chi connectivity index (χ0n) is 13.7. The summed E-state index contributed by atoms with van der Waals surface area (Å²) in [5, 5.41) is 2.41. The average molecular weight is 398 g/mol. The number of amides is 1. The molecule has 9 heteroatoms. The number of carbonyl (C=O) groups is 1. The lowest BCUT2D eigenvalue weighted by atomic mass is 10.1. The van der Waals surface area contributed by atoms with Gasteiger partial charge in [0.15, 0.2) is 28.4 Å². The highest BCUT2D eigenvalue weighted by Crippen LogP contribution is 2.29. The smallest absolute Gasteiger partial charge is 0.277 e. The lowest BCUT2D eigenvalue weighted by Gasteiger charge is -2.23. The van der Waals surface area contributed by atoms with Crippen LogP contribution >= 0.6 is 12.2 Å². The van der Waals surface area contributed by atoms with E-state index in [4.69, 9.17) is 12.2 Å². The van der Waals surface area contributed by atoms with Crippen LogP contribution < -0.4 is 5.32 Å². The average Bonchev–Trinajstić information content (AvgIpc) is 2.95. The van der Waals surface area contributed by atoms with Crippen LogP contribution in [0.5, 0.6) is 0 Å². The number of thiocarbonyl (C=S) groups is 1. The molecule has 1 aliphatic heterocycles. The Morgan fingerprint density at radius 2 is 1.48 bits per heavy atom. The van der Waals surface area contributed by atoms with Gasteiger partial charge in [0.25, 0.3) is 5.91 Å². The summed E-state index contributed by atoms with van der Waals surface area (Å²) < 4.78 is 67.5. The molecule has 140 valence electrons. The summed E-state index contributed by atoms with van der Waals surface area (Å²) in [4.78, 5) is 13.8. The second-order valence-electron chi connectivity index (χ2n) is 5.73. The van der Waals surface area contributed by atoms with Crippen molar-refractivity contribution in [1.29, 1.82) is 0 Å². The van der Waals surface area contributed by atoms with E-state index in [9.17, 15) is 26.7 Å². The van der Waals surface area contributed by atoms with Crippen molar-refractivity contribution in [2.45, 2.75) is 13.0 Å². The molecule has 0 aromatic heterocycles. The molecule has 3 rings (SSSR count). The Bertz CT molecular complexity index is 948. The molecule has 1 atom stereocenters. The SMILES string of the molecule is CC(c1ccccc1)N1C(=O)/C(=C/c2c(F)c(F)c(F)c(F)c2F)NC1=S. The highest BCUT2D eigenvalue weighted by atomic mass is 32.1. The molecule has 0 saturated carbocycles. The first-order chi connectivity index (χ1) is 12.7. The summed E-state index contributed by atoms with van der Waals surface area (Å²) in [6.45, 7) is 1.68. The van der Waals surface area contributed by atoms with E-state index in [1.807, 2.05) is 0 Å². The molecule has 1 heterocycles. The number of benzene rings is 2. The van der Waals surface area contributed by atoms with Crippen molar-refractivity contribution in [1.82, 2.24) is 10.2 Å². The van der Waals surface area contributed by atoms with E-state index in [0.717, 1.165) is 10.5 Å². The first-order valence-corrected chi connectivity index (χ1v) is 8.07. The topological polar surface area (TPSA) is 32.3 Å². The molecular formula is C18H11F5N2OS. The zero-order chi connectivity index (χ0) is 19.9. The Morgan fingerprint density at radius 3 is 2.04 bits per heavy atom. The fourth-order valence-electron chi connectivity index (χ4n) is 2.67. The number of nitrogens with zero attached hydrogens (tertiary/aromatic N) is 1. The van der Waals surface area contributed by atoms with Crippen molar-refractivity contribution in [3.63, 3.8) is 0 Å². The molecule has 2 aromatic rings. The van der Waals surface area contributed by atoms with Crippen LogP contribution in [0.15, 0.2) is 36.0 Å². The highest BCUT2D eigenvalue weighted by molar-refractivity contribution is 7.80. The molecule has 0 bridgehead atoms. The Morgan fingerprint density at radius 1 is 0.963 bits per heavy atom. The molecule has 1 aliphatic rings. The number of halogens is 5. The molecule has 1 unspecified atom stereocenters. The van der Waals surface area contributed by atoms with Gasteiger partial charge in [0, 0.05) is 0 Å². The molecule has 3 nitrogen and oxygen atoms in total. The molecule has 1 saturated heterocycles. The van der Waals surface area contributed by atoms with Crippen LogP contribution in [0.1, 0.15) is 24.1 Å². The van der Waals surface area contributed by atoms with E-state index >= 15 is 0 Å². The lowest BCUT2D eigenvalue weighted by Crippen LogP contribution is -2.33. The summed E-state index contributed by atoms with van der Waals surface area (Å²) in [6.07, 6.45) is 0.558. The van der Waals surface area contributed by atoms with Crippen LogP contribution in [-0.4, -0.2) is 15.9 Å². The molecule has 27 heavy (non-hydrogen) atoms. The predicted molar refractivity (Wildman–Crippen MR) is 91.6 cm³/mol. The van der Waals surface area contributed by atoms with Gasteiger partial charge in [-0.3, -0.25) is 9.69 Å². The monoisotopic (exact) mass is 398 g/mol. The number of nitrogens with one attached hydrogen (secondary N) is 1. The molecule has 0 radical (unpaired) electrons. The fourth-order valence-corrected chi connectivity index (χ4v) is 3.03. The normalized spacial score (nSPS) is 16.8. The molecular weight excluding hydrogens is 387 g/mol. The summed E-state index contributed by atoms with van der Waals surface area (Å²) in [5.74, 6) is -11.3. The van der Waals surface area contributed by atoms with Crippen LogP contribution in [0.3, 0.4) is 0 Å². The molecule has 1 amide bonds. The molecule has 2 aromatic carbocycles. The standard InChI is InChI=1S/C18H11F5N2OS/c1-8(9-5-3-2-4-6-9)25-17(26)11(24-18(25)27)7-10-12(19)14(21)16(23)15(22)13(10)20/h2-8H,1H3,(H,24,27)/b11-7-. The van der Waals surface area contributed by atoms with E-state index < -0.39 is 52.3 Å². The van der Waals surface area contributed by atoms with Gasteiger partial charge in [-0.25, -0.2) is 22.0 Å². The van der Waals surface area contributed by atoms with Gasteiger partial charge in [-0.05, 0) is 30.8 Å². The highest BCUT2D eigenvalue weighted by Gasteiger charge is 2.36.